The highest BCUT2D eigenvalue weighted by molar-refractivity contribution is 7.98. The summed E-state index contributed by atoms with van der Waals surface area (Å²) in [5, 5.41) is 8.69. The molecule has 1 atom stereocenters. The molecule has 0 spiro atoms. The fraction of sp³-hybridized carbons (Fsp3) is 0.545. The molecule has 108 valence electrons. The van der Waals surface area contributed by atoms with Crippen LogP contribution in [-0.4, -0.2) is 48.9 Å². The number of hydrogen-bond donors (Lipinski definition) is 1. The third-order valence-electron chi connectivity index (χ3n) is 2.62. The maximum absolute atomic E-state index is 12.3. The molecule has 1 rings (SSSR count). The van der Waals surface area contributed by atoms with E-state index in [2.05, 4.69) is 0 Å². The van der Waals surface area contributed by atoms with E-state index in [1.54, 1.807) is 24.9 Å². The summed E-state index contributed by atoms with van der Waals surface area (Å²) in [7, 11) is -1.98. The maximum atomic E-state index is 12.3. The number of carboxylic acids is 1. The molecule has 0 radical (unpaired) electrons. The predicted octanol–water partition coefficient (Wildman–Crippen LogP) is 1.75. The molecule has 0 fully saturated rings. The lowest BCUT2D eigenvalue weighted by Gasteiger charge is -2.22. The van der Waals surface area contributed by atoms with Crippen LogP contribution in [0.1, 0.15) is 11.8 Å². The second-order valence-corrected chi connectivity index (χ2v) is 8.42. The quantitative estimate of drug-likeness (QED) is 0.827. The molecule has 1 N–H and O–H groups in total. The van der Waals surface area contributed by atoms with Gasteiger partial charge in [-0.25, -0.2) is 8.42 Å². The van der Waals surface area contributed by atoms with E-state index in [4.69, 9.17) is 5.11 Å². The van der Waals surface area contributed by atoms with Gasteiger partial charge in [-0.05, 0) is 25.3 Å². The van der Waals surface area contributed by atoms with Gasteiger partial charge < -0.3 is 5.11 Å². The number of aliphatic carboxylic acids is 1. The standard InChI is InChI=1S/C11H17NO4S3/c1-8(7-17-3)12(2)19(15,16)11-5-4-9(18-11)6-10(13)14/h4-5,8H,6-7H2,1-3H3,(H,13,14). The van der Waals surface area contributed by atoms with Crippen molar-refractivity contribution in [3.63, 3.8) is 0 Å². The third kappa shape index (κ3) is 4.20. The number of thioether (sulfide) groups is 1. The van der Waals surface area contributed by atoms with Gasteiger partial charge in [0.15, 0.2) is 0 Å². The zero-order chi connectivity index (χ0) is 14.6. The molecular weight excluding hydrogens is 306 g/mol. The van der Waals surface area contributed by atoms with Crippen molar-refractivity contribution < 1.29 is 18.3 Å². The van der Waals surface area contributed by atoms with Crippen molar-refractivity contribution in [2.45, 2.75) is 23.6 Å². The summed E-state index contributed by atoms with van der Waals surface area (Å²) in [5.41, 5.74) is 0. The van der Waals surface area contributed by atoms with E-state index < -0.39 is 16.0 Å². The van der Waals surface area contributed by atoms with Crippen LogP contribution in [0.15, 0.2) is 16.3 Å². The third-order valence-corrected chi connectivity index (χ3v) is 6.96. The molecule has 0 amide bonds. The van der Waals surface area contributed by atoms with Crippen LogP contribution >= 0.6 is 23.1 Å². The minimum atomic E-state index is -3.53. The molecule has 0 aliphatic carbocycles. The van der Waals surface area contributed by atoms with Crippen molar-refractivity contribution in [1.82, 2.24) is 4.31 Å². The van der Waals surface area contributed by atoms with Gasteiger partial charge in [0, 0.05) is 23.7 Å². The fourth-order valence-electron chi connectivity index (χ4n) is 1.47. The lowest BCUT2D eigenvalue weighted by Crippen LogP contribution is -2.36. The summed E-state index contributed by atoms with van der Waals surface area (Å²) in [6.07, 6.45) is 1.78. The lowest BCUT2D eigenvalue weighted by atomic mass is 10.3. The summed E-state index contributed by atoms with van der Waals surface area (Å²) < 4.78 is 26.2. The molecule has 0 saturated carbocycles. The molecule has 1 aromatic rings. The minimum absolute atomic E-state index is 0.106. The molecule has 0 saturated heterocycles. The van der Waals surface area contributed by atoms with Crippen LogP contribution < -0.4 is 0 Å². The first-order valence-corrected chi connectivity index (χ1v) is 9.21. The van der Waals surface area contributed by atoms with Gasteiger partial charge in [0.2, 0.25) is 0 Å². The van der Waals surface area contributed by atoms with Crippen molar-refractivity contribution in [2.24, 2.45) is 0 Å². The van der Waals surface area contributed by atoms with Gasteiger partial charge >= 0.3 is 5.97 Å². The van der Waals surface area contributed by atoms with E-state index in [-0.39, 0.29) is 16.7 Å². The number of thiophene rings is 1. The second-order valence-electron chi connectivity index (χ2n) is 4.12. The summed E-state index contributed by atoms with van der Waals surface area (Å²) >= 11 is 2.60. The number of hydrogen-bond acceptors (Lipinski definition) is 5. The van der Waals surface area contributed by atoms with Crippen molar-refractivity contribution in [1.29, 1.82) is 0 Å². The molecule has 19 heavy (non-hydrogen) atoms. The van der Waals surface area contributed by atoms with Gasteiger partial charge in [-0.1, -0.05) is 0 Å². The first-order valence-electron chi connectivity index (χ1n) is 5.56. The molecule has 1 heterocycles. The van der Waals surface area contributed by atoms with Gasteiger partial charge in [0.1, 0.15) is 4.21 Å². The van der Waals surface area contributed by atoms with Crippen LogP contribution in [-0.2, 0) is 21.2 Å². The molecule has 1 unspecified atom stereocenters. The molecule has 5 nitrogen and oxygen atoms in total. The van der Waals surface area contributed by atoms with Gasteiger partial charge in [-0.3, -0.25) is 4.79 Å². The average molecular weight is 323 g/mol. The Morgan fingerprint density at radius 3 is 2.68 bits per heavy atom. The summed E-state index contributed by atoms with van der Waals surface area (Å²) in [6, 6.07) is 2.92. The van der Waals surface area contributed by atoms with E-state index in [0.717, 1.165) is 11.3 Å². The number of carbonyl (C=O) groups is 1. The SMILES string of the molecule is CSCC(C)N(C)S(=O)(=O)c1ccc(CC(=O)O)s1. The van der Waals surface area contributed by atoms with Crippen molar-refractivity contribution >= 4 is 39.1 Å². The zero-order valence-electron chi connectivity index (χ0n) is 11.0. The molecule has 8 heteroatoms. The second kappa shape index (κ2) is 6.74. The van der Waals surface area contributed by atoms with E-state index in [9.17, 15) is 13.2 Å². The van der Waals surface area contributed by atoms with Crippen LogP contribution in [0.2, 0.25) is 0 Å². The number of sulfonamides is 1. The van der Waals surface area contributed by atoms with E-state index >= 15 is 0 Å². The Labute approximate surface area is 121 Å². The highest BCUT2D eigenvalue weighted by Crippen LogP contribution is 2.26. The van der Waals surface area contributed by atoms with Crippen LogP contribution in [0.5, 0.6) is 0 Å². The normalized spacial score (nSPS) is 13.7. The summed E-state index contributed by atoms with van der Waals surface area (Å²) in [4.78, 5) is 11.1. The Morgan fingerprint density at radius 1 is 1.53 bits per heavy atom. The maximum Gasteiger partial charge on any atom is 0.308 e. The van der Waals surface area contributed by atoms with E-state index in [1.807, 2.05) is 13.2 Å². The predicted molar refractivity (Wildman–Crippen MR) is 78.5 cm³/mol. The highest BCUT2D eigenvalue weighted by atomic mass is 32.2. The molecule has 0 aliphatic heterocycles. The number of rotatable bonds is 7. The zero-order valence-corrected chi connectivity index (χ0v) is 13.4. The lowest BCUT2D eigenvalue weighted by molar-refractivity contribution is -0.136. The minimum Gasteiger partial charge on any atom is -0.481 e. The van der Waals surface area contributed by atoms with Crippen LogP contribution in [0.25, 0.3) is 0 Å². The molecule has 0 aromatic carbocycles. The van der Waals surface area contributed by atoms with Crippen LogP contribution in [0.3, 0.4) is 0 Å². The monoisotopic (exact) mass is 323 g/mol. The Balaban J connectivity index is 2.93. The first kappa shape index (κ1) is 16.5. The largest absolute Gasteiger partial charge is 0.481 e. The number of nitrogens with zero attached hydrogens (tertiary/aromatic N) is 1. The Kier molecular flexibility index (Phi) is 5.84. The van der Waals surface area contributed by atoms with Crippen LogP contribution in [0, 0.1) is 0 Å². The van der Waals surface area contributed by atoms with E-state index in [0.29, 0.717) is 10.6 Å². The van der Waals surface area contributed by atoms with Gasteiger partial charge in [-0.2, -0.15) is 16.1 Å². The van der Waals surface area contributed by atoms with Crippen molar-refractivity contribution in [3.8, 4) is 0 Å². The molecule has 0 bridgehead atoms. The highest BCUT2D eigenvalue weighted by Gasteiger charge is 2.26. The van der Waals surface area contributed by atoms with Crippen LogP contribution in [0.4, 0.5) is 0 Å². The first-order chi connectivity index (χ1) is 8.78. The molecule has 0 aliphatic rings. The fourth-order valence-corrected chi connectivity index (χ4v) is 5.16. The summed E-state index contributed by atoms with van der Waals surface area (Å²) in [6.45, 7) is 1.85. The van der Waals surface area contributed by atoms with E-state index in [1.165, 1.54) is 10.4 Å². The van der Waals surface area contributed by atoms with Crippen molar-refractivity contribution in [2.75, 3.05) is 19.1 Å². The number of carboxylic acid groups (broad SMARTS) is 1. The van der Waals surface area contributed by atoms with Gasteiger partial charge in [0.25, 0.3) is 10.0 Å². The molecular formula is C11H17NO4S3. The molecule has 1 aromatic heterocycles. The topological polar surface area (TPSA) is 74.7 Å². The Hall–Kier alpha value is -0.570. The Morgan fingerprint density at radius 2 is 2.16 bits per heavy atom. The average Bonchev–Trinajstić information content (AvgIpc) is 2.76. The smallest absolute Gasteiger partial charge is 0.308 e. The Bertz CT molecular complexity index is 538. The summed E-state index contributed by atoms with van der Waals surface area (Å²) in [5.74, 6) is -0.252. The van der Waals surface area contributed by atoms with Gasteiger partial charge in [-0.15, -0.1) is 11.3 Å². The van der Waals surface area contributed by atoms with Crippen molar-refractivity contribution in [3.05, 3.63) is 17.0 Å². The van der Waals surface area contributed by atoms with Gasteiger partial charge in [0.05, 0.1) is 6.42 Å².